The van der Waals surface area contributed by atoms with E-state index in [0.29, 0.717) is 0 Å². The Bertz CT molecular complexity index is 1500. The largest absolute Gasteiger partial charge is 0.441 e. The van der Waals surface area contributed by atoms with Crippen LogP contribution in [0.4, 0.5) is 0 Å². The van der Waals surface area contributed by atoms with E-state index in [0.717, 1.165) is 63.7 Å². The second-order valence-electron chi connectivity index (χ2n) is 10.8. The smallest absolute Gasteiger partial charge is 0.275 e. The molecule has 2 unspecified atom stereocenters. The number of hydrogen-bond donors (Lipinski definition) is 0. The van der Waals surface area contributed by atoms with Gasteiger partial charge in [-0.3, -0.25) is 0 Å². The minimum absolute atomic E-state index is 0.153. The quantitative estimate of drug-likeness (QED) is 0.238. The Morgan fingerprint density at radius 2 is 0.975 bits per heavy atom. The molecule has 3 aromatic rings. The van der Waals surface area contributed by atoms with Crippen LogP contribution in [0.25, 0.3) is 11.1 Å². The summed E-state index contributed by atoms with van der Waals surface area (Å²) in [5.74, 6) is 3.46. The summed E-state index contributed by atoms with van der Waals surface area (Å²) in [6.07, 6.45) is 6.44. The van der Waals surface area contributed by atoms with Crippen LogP contribution in [0.1, 0.15) is 69.8 Å². The van der Waals surface area contributed by atoms with Gasteiger partial charge in [-0.25, -0.2) is 0 Å². The van der Waals surface area contributed by atoms with Crippen LogP contribution in [0.5, 0.6) is 17.2 Å². The molecule has 3 aromatic carbocycles. The number of allylic oxidation sites excluding steroid dienone is 3. The normalized spacial score (nSPS) is 13.7. The van der Waals surface area contributed by atoms with Crippen LogP contribution >= 0.6 is 18.1 Å². The topological polar surface area (TPSA) is 36.9 Å². The number of para-hydroxylation sites is 1. The standard InChI is InChI=1S/C34H42O4P2/c1-19-15-11-13-17-29(19)35-39-37-33-27(9)23(5)21(3)25(7)31(33)32-26(8)22(4)24(6)28(10)34(32)38-40-36-30-18-14-12-16-20(30)2/h11,13,15-18,39-40H,12,14H2,1-10H3. The molecular formula is C34H42O4P2. The van der Waals surface area contributed by atoms with E-state index >= 15 is 0 Å². The molecule has 0 radical (unpaired) electrons. The zero-order valence-corrected chi connectivity index (χ0v) is 27.5. The van der Waals surface area contributed by atoms with Crippen LogP contribution in [0.3, 0.4) is 0 Å². The fourth-order valence-corrected chi connectivity index (χ4v) is 6.61. The molecule has 1 aliphatic carbocycles. The highest BCUT2D eigenvalue weighted by Crippen LogP contribution is 2.50. The van der Waals surface area contributed by atoms with Crippen LogP contribution in [-0.2, 0) is 4.52 Å². The zero-order chi connectivity index (χ0) is 29.1. The Morgan fingerprint density at radius 1 is 0.500 bits per heavy atom. The molecule has 0 fully saturated rings. The second kappa shape index (κ2) is 12.8. The molecule has 212 valence electrons. The third-order valence-corrected chi connectivity index (χ3v) is 9.71. The molecule has 2 atom stereocenters. The summed E-state index contributed by atoms with van der Waals surface area (Å²) < 4.78 is 25.4. The summed E-state index contributed by atoms with van der Waals surface area (Å²) in [5, 5.41) is 0. The van der Waals surface area contributed by atoms with Crippen molar-refractivity contribution >= 4 is 18.1 Å². The van der Waals surface area contributed by atoms with Crippen molar-refractivity contribution in [1.29, 1.82) is 0 Å². The van der Waals surface area contributed by atoms with Crippen molar-refractivity contribution in [1.82, 2.24) is 0 Å². The molecule has 4 nitrogen and oxygen atoms in total. The molecule has 0 amide bonds. The third kappa shape index (κ3) is 5.95. The number of rotatable bonds is 9. The number of benzene rings is 3. The summed E-state index contributed by atoms with van der Waals surface area (Å²) in [6, 6.07) is 8.02. The second-order valence-corrected chi connectivity index (χ2v) is 11.9. The number of hydrogen-bond acceptors (Lipinski definition) is 4. The van der Waals surface area contributed by atoms with Crippen LogP contribution in [0, 0.1) is 62.3 Å². The van der Waals surface area contributed by atoms with Crippen LogP contribution in [0.15, 0.2) is 47.7 Å². The molecule has 0 aliphatic heterocycles. The minimum Gasteiger partial charge on any atom is -0.441 e. The van der Waals surface area contributed by atoms with Gasteiger partial charge < -0.3 is 18.1 Å². The molecule has 40 heavy (non-hydrogen) atoms. The molecule has 0 aromatic heterocycles. The van der Waals surface area contributed by atoms with Crippen LogP contribution in [-0.4, -0.2) is 0 Å². The lowest BCUT2D eigenvalue weighted by Crippen LogP contribution is -2.05. The predicted molar refractivity (Wildman–Crippen MR) is 172 cm³/mol. The molecule has 6 heteroatoms. The highest BCUT2D eigenvalue weighted by atomic mass is 31.1. The van der Waals surface area contributed by atoms with E-state index in [1.54, 1.807) is 0 Å². The van der Waals surface area contributed by atoms with Gasteiger partial charge in [0.25, 0.3) is 18.1 Å². The lowest BCUT2D eigenvalue weighted by atomic mass is 9.84. The summed E-state index contributed by atoms with van der Waals surface area (Å²) in [7, 11) is -0.333. The first kappa shape index (κ1) is 30.2. The van der Waals surface area contributed by atoms with Gasteiger partial charge in [-0.15, -0.1) is 0 Å². The first-order valence-corrected chi connectivity index (χ1v) is 15.5. The molecule has 1 aliphatic rings. The fraction of sp³-hybridized carbons (Fsp3) is 0.353. The molecule has 0 saturated carbocycles. The van der Waals surface area contributed by atoms with Gasteiger partial charge in [-0.2, -0.15) is 0 Å². The summed E-state index contributed by atoms with van der Waals surface area (Å²) >= 11 is 0. The molecule has 4 rings (SSSR count). The Balaban J connectivity index is 1.79. The average Bonchev–Trinajstić information content (AvgIpc) is 2.94. The van der Waals surface area contributed by atoms with Crippen molar-refractivity contribution in [2.75, 3.05) is 0 Å². The molecule has 0 N–H and O–H groups in total. The fourth-order valence-electron chi connectivity index (χ4n) is 5.20. The average molecular weight is 577 g/mol. The third-order valence-electron chi connectivity index (χ3n) is 8.53. The van der Waals surface area contributed by atoms with E-state index in [-0.39, 0.29) is 18.1 Å². The molecule has 0 bridgehead atoms. The van der Waals surface area contributed by atoms with Crippen molar-refractivity contribution in [3.05, 3.63) is 97.8 Å². The predicted octanol–water partition coefficient (Wildman–Crippen LogP) is 10.6. The maximum atomic E-state index is 6.55. The van der Waals surface area contributed by atoms with Crippen molar-refractivity contribution in [2.24, 2.45) is 0 Å². The molecular weight excluding hydrogens is 534 g/mol. The van der Waals surface area contributed by atoms with Gasteiger partial charge in [0.15, 0.2) is 0 Å². The maximum Gasteiger partial charge on any atom is 0.275 e. The van der Waals surface area contributed by atoms with Crippen LogP contribution in [0.2, 0.25) is 0 Å². The van der Waals surface area contributed by atoms with Gasteiger partial charge in [-0.1, -0.05) is 24.3 Å². The van der Waals surface area contributed by atoms with Crippen LogP contribution < -0.4 is 13.6 Å². The van der Waals surface area contributed by atoms with E-state index in [2.05, 4.69) is 74.5 Å². The van der Waals surface area contributed by atoms with E-state index in [1.165, 1.54) is 39.0 Å². The van der Waals surface area contributed by atoms with Crippen molar-refractivity contribution < 1.29 is 18.1 Å². The highest BCUT2D eigenvalue weighted by Gasteiger charge is 2.26. The summed E-state index contributed by atoms with van der Waals surface area (Å²) in [6.45, 7) is 21.5. The first-order chi connectivity index (χ1) is 19.0. The van der Waals surface area contributed by atoms with Crippen molar-refractivity contribution in [2.45, 2.75) is 82.1 Å². The van der Waals surface area contributed by atoms with Crippen molar-refractivity contribution in [3.8, 4) is 28.4 Å². The monoisotopic (exact) mass is 576 g/mol. The van der Waals surface area contributed by atoms with Gasteiger partial charge in [0, 0.05) is 11.1 Å². The Morgan fingerprint density at radius 3 is 1.50 bits per heavy atom. The number of aryl methyl sites for hydroxylation is 1. The van der Waals surface area contributed by atoms with Gasteiger partial charge in [0.1, 0.15) is 23.0 Å². The van der Waals surface area contributed by atoms with Crippen molar-refractivity contribution in [3.63, 3.8) is 0 Å². The Labute approximate surface area is 244 Å². The highest BCUT2D eigenvalue weighted by molar-refractivity contribution is 7.27. The van der Waals surface area contributed by atoms with Gasteiger partial charge in [0.05, 0.1) is 0 Å². The first-order valence-electron chi connectivity index (χ1n) is 13.9. The SMILES string of the molecule is CC1=CCCC=C1OPOc1c(C)c(C)c(C)c(C)c1-c1c(C)c(C)c(C)c(C)c1OPOc1ccccc1C. The zero-order valence-electron chi connectivity index (χ0n) is 25.5. The van der Waals surface area contributed by atoms with E-state index in [1.807, 2.05) is 31.2 Å². The summed E-state index contributed by atoms with van der Waals surface area (Å²) in [5.41, 5.74) is 14.0. The molecule has 0 heterocycles. The van der Waals surface area contributed by atoms with Gasteiger partial charge >= 0.3 is 0 Å². The van der Waals surface area contributed by atoms with E-state index in [9.17, 15) is 0 Å². The molecule has 0 saturated heterocycles. The summed E-state index contributed by atoms with van der Waals surface area (Å²) in [4.78, 5) is 0. The molecule has 0 spiro atoms. The Kier molecular flexibility index (Phi) is 9.65. The lowest BCUT2D eigenvalue weighted by Gasteiger charge is -2.26. The van der Waals surface area contributed by atoms with Gasteiger partial charge in [-0.05, 0) is 150 Å². The van der Waals surface area contributed by atoms with E-state index in [4.69, 9.17) is 18.1 Å². The maximum absolute atomic E-state index is 6.55. The minimum atomic E-state index is -0.180. The van der Waals surface area contributed by atoms with Gasteiger partial charge in [0.2, 0.25) is 0 Å². The van der Waals surface area contributed by atoms with E-state index < -0.39 is 0 Å². The lowest BCUT2D eigenvalue weighted by molar-refractivity contribution is 0.429. The Hall–Kier alpha value is -2.80.